The van der Waals surface area contributed by atoms with Crippen molar-refractivity contribution >= 4 is 23.3 Å². The third kappa shape index (κ3) is 4.78. The third-order valence-electron chi connectivity index (χ3n) is 0.394. The molecule has 0 saturated carbocycles. The molecule has 1 nitrogen and oxygen atoms in total. The molecule has 0 rings (SSSR count). The summed E-state index contributed by atoms with van der Waals surface area (Å²) in [5.74, 6) is 0. The van der Waals surface area contributed by atoms with Gasteiger partial charge in [0.05, 0.1) is 0 Å². The zero-order chi connectivity index (χ0) is 4.12. The number of nitrogens with one attached hydrogen (secondary N) is 1. The van der Waals surface area contributed by atoms with Crippen LogP contribution in [0.4, 0.5) is 0 Å². The summed E-state index contributed by atoms with van der Waals surface area (Å²) in [6.45, 7) is 3.37. The topological polar surface area (TPSA) is 12.0 Å². The Morgan fingerprint density at radius 3 is 2.40 bits per heavy atom. The molecule has 0 bridgehead atoms. The molecule has 0 aliphatic carbocycles. The van der Waals surface area contributed by atoms with Gasteiger partial charge in [0.1, 0.15) is 0 Å². The molecule has 0 aromatic heterocycles. The van der Waals surface area contributed by atoms with Gasteiger partial charge in [-0.3, -0.25) is 0 Å². The molecule has 0 aliphatic rings. The van der Waals surface area contributed by atoms with Crippen molar-refractivity contribution in [2.75, 3.05) is 6.54 Å². The van der Waals surface area contributed by atoms with Gasteiger partial charge in [-0.15, -0.1) is 0 Å². The molecule has 0 spiro atoms. The van der Waals surface area contributed by atoms with Gasteiger partial charge in [0, 0.05) is 0 Å². The first-order valence-corrected chi connectivity index (χ1v) is 3.50. The molecule has 0 fully saturated rings. The van der Waals surface area contributed by atoms with Crippen molar-refractivity contribution in [3.05, 3.63) is 0 Å². The molecule has 0 aromatic rings. The van der Waals surface area contributed by atoms with E-state index in [4.69, 9.17) is 0 Å². The Kier molecular flexibility index (Phi) is 5.52. The van der Waals surface area contributed by atoms with Crippen molar-refractivity contribution < 1.29 is 0 Å². The zero-order valence-corrected chi connectivity index (χ0v) is 6.79. The molecular formula is C3H10NSb. The third-order valence-corrected chi connectivity index (χ3v) is 1.22. The van der Waals surface area contributed by atoms with Crippen molar-refractivity contribution in [2.24, 2.45) is 0 Å². The van der Waals surface area contributed by atoms with E-state index < -0.39 is 0 Å². The average Bonchev–Trinajstić information content (AvgIpc) is 1.41. The second-order valence-electron chi connectivity index (χ2n) is 0.954. The van der Waals surface area contributed by atoms with Gasteiger partial charge in [0.15, 0.2) is 0 Å². The molecule has 0 amide bonds. The van der Waals surface area contributed by atoms with E-state index >= 15 is 0 Å². The van der Waals surface area contributed by atoms with E-state index in [1.54, 1.807) is 0 Å². The van der Waals surface area contributed by atoms with Crippen molar-refractivity contribution in [1.29, 1.82) is 0 Å². The Bertz CT molecular complexity index is 14.4. The summed E-state index contributed by atoms with van der Waals surface area (Å²) in [7, 11) is 0. The molecule has 0 aliphatic heterocycles. The summed E-state index contributed by atoms with van der Waals surface area (Å²) in [6, 6.07) is 0. The van der Waals surface area contributed by atoms with Gasteiger partial charge in [-0.25, -0.2) is 0 Å². The number of rotatable bonds is 2. The molecule has 1 N–H and O–H groups in total. The number of hydrogen-bond donors (Lipinski definition) is 1. The van der Waals surface area contributed by atoms with E-state index in [2.05, 4.69) is 10.4 Å². The summed E-state index contributed by atoms with van der Waals surface area (Å²) < 4.78 is 3.15. The molecule has 0 radical (unpaired) electrons. The molecule has 5 heavy (non-hydrogen) atoms. The van der Waals surface area contributed by atoms with E-state index in [1.807, 2.05) is 0 Å². The summed E-state index contributed by atoms with van der Waals surface area (Å²) in [6.07, 6.45) is 1.27. The molecule has 0 heterocycles. The van der Waals surface area contributed by atoms with Gasteiger partial charge in [-0.1, -0.05) is 0 Å². The molecule has 2 heteroatoms. The number of hydrogen-bond acceptors (Lipinski definition) is 1. The Morgan fingerprint density at radius 2 is 2.40 bits per heavy atom. The SMILES string of the molecule is CCC[NH][SbH2]. The first kappa shape index (κ1) is 5.78. The van der Waals surface area contributed by atoms with Crippen LogP contribution in [-0.4, -0.2) is 29.8 Å². The van der Waals surface area contributed by atoms with Crippen LogP contribution in [0.2, 0.25) is 0 Å². The second kappa shape index (κ2) is 4.78. The Morgan fingerprint density at radius 1 is 1.80 bits per heavy atom. The molecule has 0 unspecified atom stereocenters. The van der Waals surface area contributed by atoms with Crippen LogP contribution < -0.4 is 3.48 Å². The van der Waals surface area contributed by atoms with E-state index in [0.717, 1.165) is 0 Å². The maximum absolute atomic E-state index is 3.15. The van der Waals surface area contributed by atoms with Crippen LogP contribution in [0.15, 0.2) is 0 Å². The van der Waals surface area contributed by atoms with Gasteiger partial charge >= 0.3 is 46.7 Å². The quantitative estimate of drug-likeness (QED) is 0.569. The van der Waals surface area contributed by atoms with Crippen molar-refractivity contribution in [2.45, 2.75) is 13.3 Å². The fraction of sp³-hybridized carbons (Fsp3) is 1.00. The molecule has 0 atom stereocenters. The van der Waals surface area contributed by atoms with Crippen molar-refractivity contribution in [3.8, 4) is 0 Å². The monoisotopic (exact) mass is 181 g/mol. The predicted molar refractivity (Wildman–Crippen MR) is 26.8 cm³/mol. The first-order chi connectivity index (χ1) is 2.41. The minimum absolute atomic E-state index is 1.20. The van der Waals surface area contributed by atoms with Crippen LogP contribution in [0.25, 0.3) is 0 Å². The summed E-state index contributed by atoms with van der Waals surface area (Å²) >= 11 is 1.20. The van der Waals surface area contributed by atoms with Gasteiger partial charge < -0.3 is 0 Å². The van der Waals surface area contributed by atoms with Gasteiger partial charge in [0.25, 0.3) is 0 Å². The van der Waals surface area contributed by atoms with Crippen LogP contribution in [0.3, 0.4) is 0 Å². The average molecular weight is 182 g/mol. The van der Waals surface area contributed by atoms with E-state index in [1.165, 1.54) is 36.3 Å². The standard InChI is InChI=1S/C3H8N.Sb.2H/c1-2-3-4;;;/h4H,2-3H2,1H3;;;/q-1;+1;;. The fourth-order valence-electron chi connectivity index (χ4n) is 0.144. The summed E-state index contributed by atoms with van der Waals surface area (Å²) in [5.41, 5.74) is 0. The fourth-order valence-corrected chi connectivity index (χ4v) is 0.968. The maximum atomic E-state index is 3.15. The molecule has 0 aromatic carbocycles. The first-order valence-electron chi connectivity index (χ1n) is 1.85. The normalized spacial score (nSPS) is 8.40. The van der Waals surface area contributed by atoms with Crippen LogP contribution in [0.5, 0.6) is 0 Å². The van der Waals surface area contributed by atoms with Crippen LogP contribution in [-0.2, 0) is 0 Å². The van der Waals surface area contributed by atoms with E-state index in [9.17, 15) is 0 Å². The van der Waals surface area contributed by atoms with Crippen LogP contribution in [0.1, 0.15) is 13.3 Å². The van der Waals surface area contributed by atoms with Crippen LogP contribution >= 0.6 is 0 Å². The minimum atomic E-state index is 1.20. The van der Waals surface area contributed by atoms with Gasteiger partial charge in [0.2, 0.25) is 0 Å². The van der Waals surface area contributed by atoms with Crippen molar-refractivity contribution in [3.63, 3.8) is 0 Å². The van der Waals surface area contributed by atoms with Gasteiger partial charge in [-0.05, 0) is 0 Å². The van der Waals surface area contributed by atoms with Gasteiger partial charge in [-0.2, -0.15) is 0 Å². The zero-order valence-electron chi connectivity index (χ0n) is 3.49. The Hall–Kier alpha value is 0.778. The van der Waals surface area contributed by atoms with Crippen LogP contribution in [0, 0.1) is 0 Å². The summed E-state index contributed by atoms with van der Waals surface area (Å²) in [5, 5.41) is 0. The molecule has 32 valence electrons. The van der Waals surface area contributed by atoms with Crippen molar-refractivity contribution in [1.82, 2.24) is 3.48 Å². The predicted octanol–water partition coefficient (Wildman–Crippen LogP) is -0.466. The Balaban J connectivity index is 2.19. The summed E-state index contributed by atoms with van der Waals surface area (Å²) in [4.78, 5) is 0. The molecule has 0 saturated heterocycles. The second-order valence-corrected chi connectivity index (χ2v) is 2.12. The molecular weight excluding hydrogens is 172 g/mol. The van der Waals surface area contributed by atoms with E-state index in [-0.39, 0.29) is 0 Å². The Labute approximate surface area is 47.0 Å². The van der Waals surface area contributed by atoms with E-state index in [0.29, 0.717) is 0 Å².